The van der Waals surface area contributed by atoms with Crippen LogP contribution in [-0.4, -0.2) is 159 Å². The Bertz CT molecular complexity index is 477. The molecule has 0 rings (SSSR count). The van der Waals surface area contributed by atoms with Crippen molar-refractivity contribution >= 4 is 0 Å². The molecule has 50 heavy (non-hydrogen) atoms. The molecular weight excluding hydrogens is 2190 g/mol. The molecule has 0 aromatic rings. The quantitative estimate of drug-likeness (QED) is 0.0355. The summed E-state index contributed by atoms with van der Waals surface area (Å²) in [5.41, 5.74) is -1.55. The predicted molar refractivity (Wildman–Crippen MR) is 158 cm³/mol. The average Bonchev–Trinajstić information content (AvgIpc) is 3.02. The molecule has 2 atom stereocenters. The van der Waals surface area contributed by atoms with Crippen LogP contribution in [0.2, 0.25) is 0 Å². The molecule has 0 saturated heterocycles. The minimum atomic E-state index is -0.774. The van der Waals surface area contributed by atoms with E-state index in [0.717, 1.165) is 0 Å². The van der Waals surface area contributed by atoms with Gasteiger partial charge in [-0.3, -0.25) is 0 Å². The molecule has 0 aliphatic rings. The molecular formula is C28H58O16Rf6-6. The summed E-state index contributed by atoms with van der Waals surface area (Å²) in [5, 5.41) is 70.2. The Kier molecular flexibility index (Phi) is 72.6. The van der Waals surface area contributed by atoms with Gasteiger partial charge in [0.15, 0.2) is 0 Å². The number of aliphatic hydroxyl groups is 8. The molecule has 0 radical (unpaired) electrons. The molecule has 0 aliphatic carbocycles. The Morgan fingerprint density at radius 3 is 0.800 bits per heavy atom. The Morgan fingerprint density at radius 2 is 0.640 bits per heavy atom. The van der Waals surface area contributed by atoms with Gasteiger partial charge in [-0.25, -0.2) is 42.7 Å². The van der Waals surface area contributed by atoms with Crippen LogP contribution in [0.1, 0.15) is 12.8 Å². The first kappa shape index (κ1) is 69.9. The zero-order valence-corrected chi connectivity index (χ0v) is 68.6. The van der Waals surface area contributed by atoms with Gasteiger partial charge in [-0.2, -0.15) is 0 Å². The van der Waals surface area contributed by atoms with Crippen molar-refractivity contribution in [2.24, 2.45) is 10.8 Å². The molecule has 0 aliphatic heterocycles. The van der Waals surface area contributed by atoms with Crippen LogP contribution < -0.4 is 0 Å². The zero-order valence-electron chi connectivity index (χ0n) is 30.2. The minimum Gasteiger partial charge on any atom is -0.554 e. The zero-order chi connectivity index (χ0) is 34.5. The van der Waals surface area contributed by atoms with Gasteiger partial charge in [0.1, 0.15) is 0 Å². The molecule has 0 bridgehead atoms. The summed E-state index contributed by atoms with van der Waals surface area (Å²) in [5.74, 6) is 0. The van der Waals surface area contributed by atoms with E-state index in [1.54, 1.807) is 0 Å². The van der Waals surface area contributed by atoms with Crippen LogP contribution >= 0.6 is 0 Å². The Labute approximate surface area is 263 Å². The van der Waals surface area contributed by atoms with Crippen molar-refractivity contribution in [2.75, 3.05) is 106 Å². The van der Waals surface area contributed by atoms with Gasteiger partial charge in [-0.15, -0.1) is 0 Å². The molecule has 0 heterocycles. The average molecular weight is 2250 g/mol. The molecule has 0 aromatic heterocycles. The molecule has 16 nitrogen and oxygen atoms in total. The Morgan fingerprint density at radius 1 is 0.400 bits per heavy atom. The maximum atomic E-state index is 9.00. The van der Waals surface area contributed by atoms with Crippen molar-refractivity contribution in [3.05, 3.63) is 42.7 Å². The van der Waals surface area contributed by atoms with Crippen molar-refractivity contribution in [1.29, 1.82) is 0 Å². The Balaban J connectivity index is -0.0000000513. The monoisotopic (exact) mass is 2250 g/mol. The van der Waals surface area contributed by atoms with Gasteiger partial charge in [0.05, 0.1) is 62.7 Å². The number of hydrogen-bond acceptors (Lipinski definition) is 16. The van der Waals surface area contributed by atoms with E-state index < -0.39 is 23.0 Å². The third-order valence-corrected chi connectivity index (χ3v) is 5.11. The number of hydrogen-bond donors (Lipinski definition) is 8. The first-order chi connectivity index (χ1) is 21.1. The molecule has 0 saturated carbocycles. The number of ether oxygens (including phenoxy) is 8. The summed E-state index contributed by atoms with van der Waals surface area (Å²) >= 11 is 0. The Hall–Kier alpha value is -6.64. The summed E-state index contributed by atoms with van der Waals surface area (Å²) in [7, 11) is 18.8. The van der Waals surface area contributed by atoms with Crippen LogP contribution in [0.15, 0.2) is 0 Å². The van der Waals surface area contributed by atoms with E-state index >= 15 is 0 Å². The van der Waals surface area contributed by atoms with Crippen LogP contribution in [0.25, 0.3) is 0 Å². The van der Waals surface area contributed by atoms with Crippen molar-refractivity contribution in [3.8, 4) is 0 Å². The van der Waals surface area contributed by atoms with Gasteiger partial charge in [-0.1, -0.05) is 0 Å². The summed E-state index contributed by atoms with van der Waals surface area (Å²) in [4.78, 5) is 0. The second-order valence-corrected chi connectivity index (χ2v) is 9.38. The maximum absolute atomic E-state index is 9.00. The molecule has 0 amide bonds. The normalized spacial score (nSPS) is 11.2. The van der Waals surface area contributed by atoms with E-state index in [0.29, 0.717) is 26.1 Å². The third kappa shape index (κ3) is 43.5. The molecule has 2 unspecified atom stereocenters. The van der Waals surface area contributed by atoms with Gasteiger partial charge in [-0.05, 0) is 12.8 Å². The van der Waals surface area contributed by atoms with Crippen molar-refractivity contribution < 1.29 is 78.7 Å². The van der Waals surface area contributed by atoms with Crippen LogP contribution in [0, 0.1) is 53.5 Å². The van der Waals surface area contributed by atoms with Gasteiger partial charge >= 0.3 is 0 Å². The van der Waals surface area contributed by atoms with E-state index in [4.69, 9.17) is 50.3 Å². The molecule has 0 aromatic carbocycles. The molecule has 8 N–H and O–H groups in total. The smallest absolute Gasteiger partial charge is 0.0976 e. The van der Waals surface area contributed by atoms with Crippen LogP contribution in [-0.2, 0) is 37.9 Å². The van der Waals surface area contributed by atoms with E-state index in [9.17, 15) is 0 Å². The predicted octanol–water partition coefficient (Wildman–Crippen LogP) is -1.74. The number of aliphatic hydroxyl groups excluding tert-OH is 8. The van der Waals surface area contributed by atoms with Crippen molar-refractivity contribution in [3.63, 3.8) is 0 Å². The molecule has 22 heteroatoms. The van der Waals surface area contributed by atoms with Gasteiger partial charge in [0.25, 0.3) is 0 Å². The standard InChI is InChI=1S/2C7H14O4.2C7H15O4.6Rf/c2*1-10-5-7(3-8,4-9)6-11-2;2*1-10-5-7(9)6-11-4-2-3-8;;;;;;/h2*8-9H,1-6H2;2*7-9H,1-6H2;;;;;;/q2*-2;2*-1;;;;;;. The van der Waals surface area contributed by atoms with E-state index in [1.807, 2.05) is 0 Å². The minimum absolute atomic E-state index is 0. The van der Waals surface area contributed by atoms with Gasteiger partial charge < -0.3 is 78.7 Å². The first-order valence-electron chi connectivity index (χ1n) is 13.5. The largest absolute Gasteiger partial charge is 0.554 e. The molecule has 0 fully saturated rings. The van der Waals surface area contributed by atoms with Crippen molar-refractivity contribution in [2.45, 2.75) is 25.0 Å². The SMILES string of the molecule is [CH2-]OCC(CO)(CO)CO[CH2-].[CH2-]OCC(CO)(CO)CO[CH2-].[CH2-]OCC(O)COCCCO.[CH2-]OCC(O)COCCCO.[Rf].[Rf].[Rf].[Rf].[Rf].[Rf]. The molecule has 0 spiro atoms. The topological polar surface area (TPSA) is 236 Å². The summed E-state index contributed by atoms with van der Waals surface area (Å²) in [6, 6.07) is 0. The van der Waals surface area contributed by atoms with E-state index in [-0.39, 0.29) is 92.5 Å². The fourth-order valence-corrected chi connectivity index (χ4v) is 2.55. The van der Waals surface area contributed by atoms with Crippen molar-refractivity contribution in [1.82, 2.24) is 0 Å². The van der Waals surface area contributed by atoms with Gasteiger partial charge in [0.2, 0.25) is 0 Å². The maximum Gasteiger partial charge on any atom is 0.0976 e. The molecule has 284 valence electrons. The van der Waals surface area contributed by atoms with Crippen LogP contribution in [0.5, 0.6) is 0 Å². The van der Waals surface area contributed by atoms with Gasteiger partial charge in [0, 0.05) is 66.1 Å². The second kappa shape index (κ2) is 51.9. The second-order valence-electron chi connectivity index (χ2n) is 9.38. The van der Waals surface area contributed by atoms with E-state index in [2.05, 4.69) is 71.1 Å². The van der Waals surface area contributed by atoms with E-state index in [1.165, 1.54) is 0 Å². The fraction of sp³-hybridized carbons (Fsp3) is 0.786. The van der Waals surface area contributed by atoms with Crippen LogP contribution in [0.3, 0.4) is 0 Å². The number of rotatable bonds is 26. The third-order valence-electron chi connectivity index (χ3n) is 5.11. The first-order valence-corrected chi connectivity index (χ1v) is 13.5. The summed E-state index contributed by atoms with van der Waals surface area (Å²) < 4.78 is 37.1. The summed E-state index contributed by atoms with van der Waals surface area (Å²) in [6.07, 6.45) is -0.0482. The summed E-state index contributed by atoms with van der Waals surface area (Å²) in [6.45, 7) is 1.71. The fourth-order valence-electron chi connectivity index (χ4n) is 2.55. The van der Waals surface area contributed by atoms with Crippen LogP contribution in [0.4, 0.5) is 0 Å².